The Morgan fingerprint density at radius 3 is 2.14 bits per heavy atom. The topological polar surface area (TPSA) is 290 Å². The zero-order valence-electron chi connectivity index (χ0n) is 23.7. The largest absolute Gasteiger partial charge is 0.508 e. The third kappa shape index (κ3) is 10.4. The molecule has 0 aliphatic carbocycles. The Bertz CT molecular complexity index is 1120. The van der Waals surface area contributed by atoms with Crippen LogP contribution < -0.4 is 32.7 Å². The quantitative estimate of drug-likeness (QED) is 0.0781. The molecule has 0 unspecified atom stereocenters. The number of nitrogens with zero attached hydrogens (tertiary/aromatic N) is 1. The van der Waals surface area contributed by atoms with Crippen LogP contribution in [-0.4, -0.2) is 129 Å². The summed E-state index contributed by atoms with van der Waals surface area (Å²) in [6, 6.07) is -0.407. The Morgan fingerprint density at radius 2 is 1.58 bits per heavy atom. The molecule has 17 heteroatoms. The fraction of sp³-hybridized carbons (Fsp3) is 0.577. The van der Waals surface area contributed by atoms with Gasteiger partial charge in [-0.15, -0.1) is 0 Å². The molecule has 0 spiro atoms. The molecule has 1 heterocycles. The number of amides is 5. The molecule has 240 valence electrons. The number of rotatable bonds is 16. The minimum absolute atomic E-state index is 0.00927. The summed E-state index contributed by atoms with van der Waals surface area (Å²) < 4.78 is 0. The molecule has 17 nitrogen and oxygen atoms in total. The van der Waals surface area contributed by atoms with Gasteiger partial charge in [-0.3, -0.25) is 29.3 Å². The van der Waals surface area contributed by atoms with Crippen molar-refractivity contribution < 1.29 is 49.5 Å². The molecule has 2 rings (SSSR count). The number of nitrogens with two attached hydrogens (primary N) is 2. The van der Waals surface area contributed by atoms with Crippen molar-refractivity contribution in [1.82, 2.24) is 26.2 Å². The molecule has 0 saturated carbocycles. The highest BCUT2D eigenvalue weighted by molar-refractivity contribution is 5.93. The number of phenolic OH excluding ortho intramolecular Hbond substituents is 1. The predicted octanol–water partition coefficient (Wildman–Crippen LogP) is -5.53. The summed E-state index contributed by atoms with van der Waals surface area (Å²) in [6.07, 6.45) is -2.00. The van der Waals surface area contributed by atoms with Gasteiger partial charge in [-0.25, -0.2) is 0 Å². The van der Waals surface area contributed by atoms with Crippen molar-refractivity contribution in [2.24, 2.45) is 11.5 Å². The lowest BCUT2D eigenvalue weighted by Gasteiger charge is -2.29. The Hall–Kier alpha value is -3.87. The minimum Gasteiger partial charge on any atom is -0.508 e. The Kier molecular flexibility index (Phi) is 13.7. The molecular weight excluding hydrogens is 570 g/mol. The maximum atomic E-state index is 13.0. The van der Waals surface area contributed by atoms with Gasteiger partial charge in [0.2, 0.25) is 29.5 Å². The zero-order valence-corrected chi connectivity index (χ0v) is 23.7. The van der Waals surface area contributed by atoms with E-state index in [-0.39, 0.29) is 25.1 Å². The highest BCUT2D eigenvalue weighted by Crippen LogP contribution is 2.19. The standard InChI is InChI=1S/C26H41N7O10/c1-13(36)21(27)25(42)32-18(12-35)26(43)33-8-2-3-19(33)24(41)29-10-20(38)30-16(9-14-4-6-15(37)7-5-14)23(40)31-17(11-34)22(28)39/h4-7,13,16-21,30,34-38H,2-3,8-12,27H2,1H3,(H2,28,39)(H,29,41)(H,31,40)(H,32,42)/t13-,16-,17-,18-,19-,20+,21-/m0/s1. The first kappa shape index (κ1) is 35.3. The van der Waals surface area contributed by atoms with Gasteiger partial charge in [0.25, 0.3) is 0 Å². The van der Waals surface area contributed by atoms with E-state index in [0.717, 1.165) is 0 Å². The molecule has 1 saturated heterocycles. The number of benzene rings is 1. The van der Waals surface area contributed by atoms with Gasteiger partial charge in [-0.05, 0) is 43.9 Å². The number of aliphatic hydroxyl groups excluding tert-OH is 4. The van der Waals surface area contributed by atoms with Gasteiger partial charge in [0.15, 0.2) is 0 Å². The molecule has 13 N–H and O–H groups in total. The van der Waals surface area contributed by atoms with Crippen LogP contribution in [0.4, 0.5) is 0 Å². The second kappa shape index (κ2) is 16.7. The van der Waals surface area contributed by atoms with Crippen LogP contribution in [-0.2, 0) is 30.4 Å². The van der Waals surface area contributed by atoms with Crippen LogP contribution in [0.25, 0.3) is 0 Å². The summed E-state index contributed by atoms with van der Waals surface area (Å²) in [5.41, 5.74) is 11.3. The average molecular weight is 612 g/mol. The van der Waals surface area contributed by atoms with E-state index in [4.69, 9.17) is 11.5 Å². The predicted molar refractivity (Wildman–Crippen MR) is 149 cm³/mol. The van der Waals surface area contributed by atoms with Crippen LogP contribution in [0.2, 0.25) is 0 Å². The third-order valence-corrected chi connectivity index (χ3v) is 6.86. The number of likely N-dealkylation sites (tertiary alicyclic amines) is 1. The van der Waals surface area contributed by atoms with Crippen LogP contribution in [0.3, 0.4) is 0 Å². The minimum atomic E-state index is -1.49. The Labute approximate surface area is 247 Å². The fourth-order valence-corrected chi connectivity index (χ4v) is 4.36. The SMILES string of the molecule is C[C@H](O)[C@H](N)C(=O)N[C@@H](CO)C(=O)N1CCC[C@H]1C(=O)NC[C@@H](O)N[C@@H](Cc1ccc(O)cc1)C(=O)N[C@@H](CO)C(N)=O. The molecule has 7 atom stereocenters. The number of primary amides is 1. The van der Waals surface area contributed by atoms with E-state index in [1.165, 1.54) is 36.1 Å². The maximum Gasteiger partial charge on any atom is 0.248 e. The lowest BCUT2D eigenvalue weighted by molar-refractivity contribution is -0.142. The Morgan fingerprint density at radius 1 is 0.977 bits per heavy atom. The molecule has 0 radical (unpaired) electrons. The van der Waals surface area contributed by atoms with Crippen LogP contribution in [0.1, 0.15) is 25.3 Å². The van der Waals surface area contributed by atoms with E-state index in [1.807, 2.05) is 0 Å². The van der Waals surface area contributed by atoms with E-state index in [2.05, 4.69) is 21.3 Å². The van der Waals surface area contributed by atoms with Crippen molar-refractivity contribution in [2.75, 3.05) is 26.3 Å². The first-order chi connectivity index (χ1) is 20.3. The molecule has 1 fully saturated rings. The van der Waals surface area contributed by atoms with Gasteiger partial charge < -0.3 is 57.9 Å². The van der Waals surface area contributed by atoms with Crippen LogP contribution in [0.15, 0.2) is 24.3 Å². The van der Waals surface area contributed by atoms with Crippen molar-refractivity contribution in [3.05, 3.63) is 29.8 Å². The number of carbonyl (C=O) groups excluding carboxylic acids is 5. The first-order valence-corrected chi connectivity index (χ1v) is 13.6. The van der Waals surface area contributed by atoms with Gasteiger partial charge in [0.1, 0.15) is 36.1 Å². The monoisotopic (exact) mass is 611 g/mol. The highest BCUT2D eigenvalue weighted by Gasteiger charge is 2.38. The normalized spacial score (nSPS) is 18.9. The summed E-state index contributed by atoms with van der Waals surface area (Å²) in [7, 11) is 0. The summed E-state index contributed by atoms with van der Waals surface area (Å²) in [5.74, 6) is -3.99. The number of aromatic hydroxyl groups is 1. The number of hydrogen-bond acceptors (Lipinski definition) is 12. The average Bonchev–Trinajstić information content (AvgIpc) is 3.47. The molecule has 0 aromatic heterocycles. The lowest BCUT2D eigenvalue weighted by atomic mass is 10.0. The number of nitrogens with one attached hydrogen (secondary N) is 4. The number of hydrogen-bond donors (Lipinski definition) is 11. The lowest BCUT2D eigenvalue weighted by Crippen LogP contribution is -2.59. The van der Waals surface area contributed by atoms with Gasteiger partial charge in [-0.2, -0.15) is 0 Å². The zero-order chi connectivity index (χ0) is 32.3. The summed E-state index contributed by atoms with van der Waals surface area (Å²) in [4.78, 5) is 63.7. The van der Waals surface area contributed by atoms with Crippen molar-refractivity contribution >= 4 is 29.5 Å². The van der Waals surface area contributed by atoms with Crippen molar-refractivity contribution in [3.8, 4) is 5.75 Å². The van der Waals surface area contributed by atoms with E-state index >= 15 is 0 Å². The Balaban J connectivity index is 2.04. The van der Waals surface area contributed by atoms with Crippen molar-refractivity contribution in [1.29, 1.82) is 0 Å². The molecule has 1 aromatic rings. The van der Waals surface area contributed by atoms with E-state index in [9.17, 15) is 49.5 Å². The van der Waals surface area contributed by atoms with Gasteiger partial charge in [-0.1, -0.05) is 12.1 Å². The molecule has 0 bridgehead atoms. The van der Waals surface area contributed by atoms with E-state index in [0.29, 0.717) is 12.0 Å². The van der Waals surface area contributed by atoms with E-state index < -0.39 is 91.8 Å². The van der Waals surface area contributed by atoms with Gasteiger partial charge in [0.05, 0.1) is 31.9 Å². The van der Waals surface area contributed by atoms with Gasteiger partial charge >= 0.3 is 0 Å². The number of aliphatic hydroxyl groups is 4. The molecule has 1 aliphatic heterocycles. The highest BCUT2D eigenvalue weighted by atomic mass is 16.3. The maximum absolute atomic E-state index is 13.0. The van der Waals surface area contributed by atoms with Crippen molar-refractivity contribution in [2.45, 2.75) is 68.7 Å². The summed E-state index contributed by atoms with van der Waals surface area (Å²) in [6.45, 7) is -0.482. The van der Waals surface area contributed by atoms with Gasteiger partial charge in [0, 0.05) is 6.54 Å². The molecule has 5 amide bonds. The van der Waals surface area contributed by atoms with Crippen molar-refractivity contribution in [3.63, 3.8) is 0 Å². The number of carbonyl (C=O) groups is 5. The smallest absolute Gasteiger partial charge is 0.248 e. The fourth-order valence-electron chi connectivity index (χ4n) is 4.36. The molecule has 43 heavy (non-hydrogen) atoms. The second-order valence-corrected chi connectivity index (χ2v) is 10.2. The van der Waals surface area contributed by atoms with Crippen LogP contribution in [0.5, 0.6) is 5.75 Å². The van der Waals surface area contributed by atoms with Crippen LogP contribution in [0, 0.1) is 0 Å². The first-order valence-electron chi connectivity index (χ1n) is 13.6. The molecular formula is C26H41N7O10. The van der Waals surface area contributed by atoms with E-state index in [1.54, 1.807) is 0 Å². The number of phenols is 1. The second-order valence-electron chi connectivity index (χ2n) is 10.2. The molecule has 1 aromatic carbocycles. The summed E-state index contributed by atoms with van der Waals surface area (Å²) >= 11 is 0. The third-order valence-electron chi connectivity index (χ3n) is 6.86. The molecule has 1 aliphatic rings. The van der Waals surface area contributed by atoms with Crippen LogP contribution >= 0.6 is 0 Å². The summed E-state index contributed by atoms with van der Waals surface area (Å²) in [5, 5.41) is 58.3.